The summed E-state index contributed by atoms with van der Waals surface area (Å²) >= 11 is 13.8. The van der Waals surface area contributed by atoms with Crippen LogP contribution in [-0.4, -0.2) is 11.0 Å². The average molecular weight is 363 g/mol. The highest BCUT2D eigenvalue weighted by Gasteiger charge is 2.12. The van der Waals surface area contributed by atoms with Crippen LogP contribution in [0.25, 0.3) is 21.9 Å². The van der Waals surface area contributed by atoms with Crippen molar-refractivity contribution >= 4 is 62.4 Å². The molecule has 0 spiro atoms. The van der Waals surface area contributed by atoms with Gasteiger partial charge < -0.3 is 9.90 Å². The number of carboxylic acid groups (broad SMARTS) is 1. The van der Waals surface area contributed by atoms with Crippen LogP contribution in [0.1, 0.15) is 17.0 Å². The van der Waals surface area contributed by atoms with Gasteiger partial charge in [0, 0.05) is 28.0 Å². The number of rotatable bonds is 4. The third-order valence-electron chi connectivity index (χ3n) is 3.22. The second-order valence-electron chi connectivity index (χ2n) is 4.84. The summed E-state index contributed by atoms with van der Waals surface area (Å²) in [5, 5.41) is 12.6. The lowest BCUT2D eigenvalue weighted by Gasteiger charge is -2.08. The van der Waals surface area contributed by atoms with Gasteiger partial charge in [-0.3, -0.25) is 0 Å². The molecule has 0 aliphatic heterocycles. The van der Waals surface area contributed by atoms with Gasteiger partial charge in [0.1, 0.15) is 5.01 Å². The molecule has 0 bridgehead atoms. The molecule has 0 N–H and O–H groups in total. The van der Waals surface area contributed by atoms with Gasteiger partial charge in [-0.2, -0.15) is 0 Å². The number of hydrogen-bond donors (Lipinski definition) is 0. The molecule has 23 heavy (non-hydrogen) atoms. The van der Waals surface area contributed by atoms with E-state index in [1.807, 2.05) is 24.3 Å². The predicted molar refractivity (Wildman–Crippen MR) is 93.6 cm³/mol. The molecule has 0 atom stereocenters. The van der Waals surface area contributed by atoms with Gasteiger partial charge in [-0.05, 0) is 35.9 Å². The zero-order chi connectivity index (χ0) is 16.4. The molecule has 6 heteroatoms. The van der Waals surface area contributed by atoms with Gasteiger partial charge >= 0.3 is 0 Å². The zero-order valence-corrected chi connectivity index (χ0v) is 14.1. The van der Waals surface area contributed by atoms with Crippen LogP contribution < -0.4 is 5.11 Å². The molecule has 0 fully saturated rings. The van der Waals surface area contributed by atoms with Crippen LogP contribution in [0.2, 0.25) is 10.0 Å². The molecule has 0 aliphatic carbocycles. The topological polar surface area (TPSA) is 53.0 Å². The molecule has 0 aliphatic rings. The number of carbonyl (C=O) groups is 1. The summed E-state index contributed by atoms with van der Waals surface area (Å²) in [7, 11) is 0. The SMILES string of the molecule is O=C([O-])C/C(=C\c1c(Cl)cccc1Cl)c1nc2ccccc2s1. The fraction of sp³-hybridized carbons (Fsp3) is 0.0588. The number of nitrogens with zero attached hydrogens (tertiary/aromatic N) is 1. The zero-order valence-electron chi connectivity index (χ0n) is 11.8. The number of carbonyl (C=O) groups excluding carboxylic acids is 1. The molecule has 116 valence electrons. The van der Waals surface area contributed by atoms with Gasteiger partial charge in [0.2, 0.25) is 0 Å². The third kappa shape index (κ3) is 3.55. The standard InChI is InChI=1S/C17H11Cl2NO2S/c18-12-4-3-5-13(19)11(12)8-10(9-16(21)22)17-20-14-6-1-2-7-15(14)23-17/h1-8H,9H2,(H,21,22)/p-1/b10-8+. The molecule has 0 amide bonds. The smallest absolute Gasteiger partial charge is 0.120 e. The van der Waals surface area contributed by atoms with Crippen LogP contribution in [0.4, 0.5) is 0 Å². The van der Waals surface area contributed by atoms with Crippen molar-refractivity contribution < 1.29 is 9.90 Å². The maximum atomic E-state index is 11.1. The van der Waals surface area contributed by atoms with Crippen molar-refractivity contribution in [3.8, 4) is 0 Å². The summed E-state index contributed by atoms with van der Waals surface area (Å²) in [6.07, 6.45) is 1.40. The lowest BCUT2D eigenvalue weighted by Crippen LogP contribution is -2.22. The number of aromatic nitrogens is 1. The Bertz CT molecular complexity index is 865. The van der Waals surface area contributed by atoms with Crippen molar-refractivity contribution in [2.24, 2.45) is 0 Å². The normalized spacial score (nSPS) is 11.8. The minimum Gasteiger partial charge on any atom is -0.550 e. The van der Waals surface area contributed by atoms with Gasteiger partial charge in [0.15, 0.2) is 0 Å². The number of fused-ring (bicyclic) bond motifs is 1. The first-order valence-corrected chi connectivity index (χ1v) is 8.32. The molecular weight excluding hydrogens is 353 g/mol. The quantitative estimate of drug-likeness (QED) is 0.695. The largest absolute Gasteiger partial charge is 0.550 e. The van der Waals surface area contributed by atoms with E-state index in [-0.39, 0.29) is 6.42 Å². The predicted octanol–water partition coefficient (Wildman–Crippen LogP) is 4.28. The first-order valence-electron chi connectivity index (χ1n) is 6.75. The average Bonchev–Trinajstić information content (AvgIpc) is 2.93. The molecule has 0 saturated carbocycles. The highest BCUT2D eigenvalue weighted by atomic mass is 35.5. The van der Waals surface area contributed by atoms with E-state index in [0.29, 0.717) is 26.2 Å². The number of hydrogen-bond acceptors (Lipinski definition) is 4. The van der Waals surface area contributed by atoms with Crippen LogP contribution in [0.3, 0.4) is 0 Å². The summed E-state index contributed by atoms with van der Waals surface area (Å²) < 4.78 is 0.983. The summed E-state index contributed by atoms with van der Waals surface area (Å²) in [6.45, 7) is 0. The molecule has 3 nitrogen and oxygen atoms in total. The number of benzene rings is 2. The highest BCUT2D eigenvalue weighted by Crippen LogP contribution is 2.33. The van der Waals surface area contributed by atoms with Crippen LogP contribution >= 0.6 is 34.5 Å². The second-order valence-corrected chi connectivity index (χ2v) is 6.69. The first-order chi connectivity index (χ1) is 11.0. The summed E-state index contributed by atoms with van der Waals surface area (Å²) in [5.74, 6) is -1.18. The van der Waals surface area contributed by atoms with E-state index >= 15 is 0 Å². The molecule has 0 radical (unpaired) electrons. The van der Waals surface area contributed by atoms with E-state index in [9.17, 15) is 9.90 Å². The Kier molecular flexibility index (Phi) is 4.66. The second kappa shape index (κ2) is 6.71. The Morgan fingerprint density at radius 3 is 2.48 bits per heavy atom. The summed E-state index contributed by atoms with van der Waals surface area (Å²) in [6, 6.07) is 12.8. The molecule has 3 aromatic rings. The van der Waals surface area contributed by atoms with E-state index < -0.39 is 5.97 Å². The fourth-order valence-corrected chi connectivity index (χ4v) is 3.66. The number of aliphatic carboxylic acids is 1. The van der Waals surface area contributed by atoms with Gasteiger partial charge in [-0.25, -0.2) is 4.98 Å². The molecule has 0 unspecified atom stereocenters. The Labute approximate surface area is 146 Å². The fourth-order valence-electron chi connectivity index (χ4n) is 2.18. The van der Waals surface area contributed by atoms with Crippen molar-refractivity contribution in [1.29, 1.82) is 0 Å². The third-order valence-corrected chi connectivity index (χ3v) is 4.99. The van der Waals surface area contributed by atoms with E-state index in [0.717, 1.165) is 10.2 Å². The van der Waals surface area contributed by atoms with Crippen molar-refractivity contribution in [3.05, 3.63) is 63.1 Å². The summed E-state index contributed by atoms with van der Waals surface area (Å²) in [4.78, 5) is 15.6. The highest BCUT2D eigenvalue weighted by molar-refractivity contribution is 7.19. The van der Waals surface area contributed by atoms with Crippen LogP contribution in [-0.2, 0) is 4.79 Å². The van der Waals surface area contributed by atoms with E-state index in [4.69, 9.17) is 23.2 Å². The van der Waals surface area contributed by atoms with Crippen molar-refractivity contribution in [2.45, 2.75) is 6.42 Å². The van der Waals surface area contributed by atoms with Gasteiger partial charge in [-0.15, -0.1) is 11.3 Å². The Morgan fingerprint density at radius 1 is 1.13 bits per heavy atom. The minimum atomic E-state index is -1.18. The molecular formula is C17H10Cl2NO2S-. The van der Waals surface area contributed by atoms with Gasteiger partial charge in [0.05, 0.1) is 10.2 Å². The maximum Gasteiger partial charge on any atom is 0.120 e. The maximum absolute atomic E-state index is 11.1. The van der Waals surface area contributed by atoms with E-state index in [1.54, 1.807) is 24.3 Å². The van der Waals surface area contributed by atoms with Crippen LogP contribution in [0, 0.1) is 0 Å². The van der Waals surface area contributed by atoms with Crippen molar-refractivity contribution in [3.63, 3.8) is 0 Å². The van der Waals surface area contributed by atoms with Crippen molar-refractivity contribution in [1.82, 2.24) is 4.98 Å². The molecule has 3 rings (SSSR count). The number of halogens is 2. The van der Waals surface area contributed by atoms with Crippen molar-refractivity contribution in [2.75, 3.05) is 0 Å². The molecule has 1 aromatic heterocycles. The lowest BCUT2D eigenvalue weighted by atomic mass is 10.1. The summed E-state index contributed by atoms with van der Waals surface area (Å²) in [5.41, 5.74) is 1.91. The monoisotopic (exact) mass is 362 g/mol. The van der Waals surface area contributed by atoms with E-state index in [2.05, 4.69) is 4.98 Å². The molecule has 1 heterocycles. The lowest BCUT2D eigenvalue weighted by molar-refractivity contribution is -0.304. The first kappa shape index (κ1) is 16.0. The Morgan fingerprint density at radius 2 is 1.83 bits per heavy atom. The minimum absolute atomic E-state index is 0.263. The van der Waals surface area contributed by atoms with Crippen LogP contribution in [0.15, 0.2) is 42.5 Å². The van der Waals surface area contributed by atoms with Gasteiger partial charge in [-0.1, -0.05) is 41.4 Å². The molecule has 2 aromatic carbocycles. The van der Waals surface area contributed by atoms with Gasteiger partial charge in [0.25, 0.3) is 0 Å². The Balaban J connectivity index is 2.14. The molecule has 0 saturated heterocycles. The number of thiazole rings is 1. The number of carboxylic acids is 1. The Hall–Kier alpha value is -1.88. The van der Waals surface area contributed by atoms with E-state index in [1.165, 1.54) is 11.3 Å². The number of para-hydroxylation sites is 1. The van der Waals surface area contributed by atoms with Crippen LogP contribution in [0.5, 0.6) is 0 Å².